The van der Waals surface area contributed by atoms with Crippen LogP contribution in [0.5, 0.6) is 0 Å². The van der Waals surface area contributed by atoms with Crippen LogP contribution >= 0.6 is 15.9 Å². The lowest BCUT2D eigenvalue weighted by Gasteiger charge is -2.30. The highest BCUT2D eigenvalue weighted by atomic mass is 79.9. The number of amides is 2. The Labute approximate surface area is 371 Å². The molecule has 0 radical (unpaired) electrons. The summed E-state index contributed by atoms with van der Waals surface area (Å²) in [7, 11) is 0. The van der Waals surface area contributed by atoms with Crippen LogP contribution in [0.1, 0.15) is 119 Å². The number of H-pyrrole nitrogens is 2. The minimum atomic E-state index is -1.00. The number of aliphatic imine (C=N–C) groups is 2. The highest BCUT2D eigenvalue weighted by molar-refractivity contribution is 9.10. The van der Waals surface area contributed by atoms with Crippen molar-refractivity contribution in [2.75, 3.05) is 0 Å². The monoisotopic (exact) mass is 907 g/mol. The molecule has 7 N–H and O–H groups in total. The van der Waals surface area contributed by atoms with Crippen molar-refractivity contribution < 1.29 is 19.5 Å². The van der Waals surface area contributed by atoms with E-state index in [0.29, 0.717) is 11.4 Å². The van der Waals surface area contributed by atoms with Crippen molar-refractivity contribution in [3.8, 4) is 5.69 Å². The number of carbonyl (C=O) groups is 3. The van der Waals surface area contributed by atoms with Gasteiger partial charge in [0.15, 0.2) is 0 Å². The third kappa shape index (κ3) is 12.2. The van der Waals surface area contributed by atoms with Crippen LogP contribution < -0.4 is 16.4 Å². The lowest BCUT2D eigenvalue weighted by atomic mass is 9.90. The number of carboxylic acid groups (broad SMARTS) is 1. The molecule has 3 aromatic heterocycles. The normalized spacial score (nSPS) is 17.5. The summed E-state index contributed by atoms with van der Waals surface area (Å²) in [6.07, 6.45) is 25.9. The van der Waals surface area contributed by atoms with E-state index in [9.17, 15) is 14.4 Å². The lowest BCUT2D eigenvalue weighted by molar-refractivity contribution is -0.138. The molecule has 1 unspecified atom stereocenters. The van der Waals surface area contributed by atoms with E-state index in [2.05, 4.69) is 69.9 Å². The number of aromatic amines is 2. The zero-order valence-corrected chi connectivity index (χ0v) is 37.2. The number of nitrogens with one attached hydrogen (secondary N) is 4. The summed E-state index contributed by atoms with van der Waals surface area (Å²) in [5, 5.41) is 14.6. The number of nitrogens with two attached hydrogens (primary N) is 1. The number of aliphatic carboxylic acids is 1. The van der Waals surface area contributed by atoms with Crippen molar-refractivity contribution in [2.45, 2.75) is 128 Å². The second-order valence-corrected chi connectivity index (χ2v) is 17.0. The van der Waals surface area contributed by atoms with Crippen molar-refractivity contribution >= 4 is 45.1 Å². The van der Waals surface area contributed by atoms with Crippen LogP contribution in [0.3, 0.4) is 0 Å². The van der Waals surface area contributed by atoms with Crippen LogP contribution in [-0.2, 0) is 33.6 Å². The van der Waals surface area contributed by atoms with Crippen molar-refractivity contribution in [3.05, 3.63) is 119 Å². The lowest BCUT2D eigenvalue weighted by Crippen LogP contribution is -2.43. The molecule has 2 amide bonds. The molecule has 5 aromatic rings. The summed E-state index contributed by atoms with van der Waals surface area (Å²) in [5.41, 5.74) is 9.36. The molecule has 2 aliphatic carbocycles. The maximum absolute atomic E-state index is 12.4. The van der Waals surface area contributed by atoms with Gasteiger partial charge in [0.25, 0.3) is 11.8 Å². The molecule has 15 nitrogen and oxygen atoms in total. The number of hydrogen-bond acceptors (Lipinski definition) is 9. The Hall–Kier alpha value is -5.74. The van der Waals surface area contributed by atoms with Crippen LogP contribution in [-0.4, -0.2) is 81.2 Å². The maximum Gasteiger partial charge on any atom is 0.320 e. The standard InChI is InChI=1S/C20H24N4O.C14H15BrN2O.C6H9N3O2.C6H10N2/c1-2-6-17-21-13-14-24(17)16-9-7-15(8-10-16)18-19(25)23-20(22-18)11-4-3-5-12-20;15-11-6-4-10(5-7-11)12-13(18)17-14(16-12)8-2-1-3-9-14;7-5(6(10)11)1-4-2-8-3-9-4;1-2-3-6-7-4-5-8-6/h7-10,13-14H,2-6,11-12H2,1H3,(H,23,25);4-7H,1-3,8-9H2,(H,17,18);2-3,5H,1,7H2,(H,8,9)(H,10,11);4-5H,2-3H2,1H3,(H,7,8). The van der Waals surface area contributed by atoms with Gasteiger partial charge in [-0.2, -0.15) is 0 Å². The molecule has 2 aliphatic heterocycles. The molecule has 2 saturated carbocycles. The summed E-state index contributed by atoms with van der Waals surface area (Å²) in [4.78, 5) is 62.3. The van der Waals surface area contributed by atoms with Gasteiger partial charge in [-0.05, 0) is 88.5 Å². The van der Waals surface area contributed by atoms with E-state index in [1.54, 1.807) is 12.4 Å². The Morgan fingerprint density at radius 2 is 1.35 bits per heavy atom. The van der Waals surface area contributed by atoms with E-state index in [-0.39, 0.29) is 29.6 Å². The van der Waals surface area contributed by atoms with Crippen LogP contribution in [0.2, 0.25) is 0 Å². The van der Waals surface area contributed by atoms with Crippen molar-refractivity contribution in [3.63, 3.8) is 0 Å². The predicted molar refractivity (Wildman–Crippen MR) is 243 cm³/mol. The number of aromatic nitrogens is 6. The first kappa shape index (κ1) is 45.8. The first-order chi connectivity index (χ1) is 30.0. The van der Waals surface area contributed by atoms with Gasteiger partial charge < -0.3 is 36.0 Å². The second-order valence-electron chi connectivity index (χ2n) is 16.0. The van der Waals surface area contributed by atoms with Gasteiger partial charge in [0, 0.05) is 77.2 Å². The maximum atomic E-state index is 12.4. The highest BCUT2D eigenvalue weighted by Crippen LogP contribution is 2.34. The molecular weight excluding hydrogens is 850 g/mol. The Bertz CT molecular complexity index is 2260. The van der Waals surface area contributed by atoms with Crippen LogP contribution in [0.15, 0.2) is 100 Å². The summed E-state index contributed by atoms with van der Waals surface area (Å²) >= 11 is 3.40. The quantitative estimate of drug-likeness (QED) is 0.0842. The smallest absolute Gasteiger partial charge is 0.320 e. The molecular formula is C46H58BrN11O4. The fourth-order valence-corrected chi connectivity index (χ4v) is 8.29. The van der Waals surface area contributed by atoms with Gasteiger partial charge in [-0.25, -0.2) is 15.0 Å². The fraction of sp³-hybridized carbons (Fsp3) is 0.435. The van der Waals surface area contributed by atoms with Gasteiger partial charge in [-0.15, -0.1) is 0 Å². The van der Waals surface area contributed by atoms with Crippen LogP contribution in [0.4, 0.5) is 0 Å². The molecule has 0 saturated heterocycles. The number of aryl methyl sites for hydroxylation is 2. The van der Waals surface area contributed by atoms with Gasteiger partial charge in [-0.1, -0.05) is 66.9 Å². The van der Waals surface area contributed by atoms with Crippen molar-refractivity contribution in [1.82, 2.24) is 40.1 Å². The number of nitrogens with zero attached hydrogens (tertiary/aromatic N) is 6. The summed E-state index contributed by atoms with van der Waals surface area (Å²) in [6.45, 7) is 4.29. The summed E-state index contributed by atoms with van der Waals surface area (Å²) < 4.78 is 3.12. The summed E-state index contributed by atoms with van der Waals surface area (Å²) in [6, 6.07) is 15.0. The number of halogens is 1. The average molecular weight is 909 g/mol. The third-order valence-corrected chi connectivity index (χ3v) is 11.7. The van der Waals surface area contributed by atoms with Crippen molar-refractivity contribution in [2.24, 2.45) is 15.7 Å². The second kappa shape index (κ2) is 21.9. The van der Waals surface area contributed by atoms with Gasteiger partial charge in [0.05, 0.1) is 6.33 Å². The molecule has 5 heterocycles. The van der Waals surface area contributed by atoms with Gasteiger partial charge in [0.1, 0.15) is 40.4 Å². The van der Waals surface area contributed by atoms with E-state index in [1.807, 2.05) is 67.1 Å². The number of hydrogen-bond donors (Lipinski definition) is 6. The topological polar surface area (TPSA) is 221 Å². The minimum absolute atomic E-state index is 0.0285. The SMILES string of the molecule is CCCc1ncc[nH]1.CCCc1nccn1-c1ccc(C2=NC3(CCCCC3)NC2=O)cc1.NC(Cc1cnc[nH]1)C(=O)O.O=C1NC2(CCCCC2)N=C1c1ccc(Br)cc1. The van der Waals surface area contributed by atoms with E-state index >= 15 is 0 Å². The number of carboxylic acids is 1. The summed E-state index contributed by atoms with van der Waals surface area (Å²) in [5.74, 6) is 1.09. The molecule has 2 fully saturated rings. The molecule has 1 atom stereocenters. The minimum Gasteiger partial charge on any atom is -0.480 e. The molecule has 4 aliphatic rings. The van der Waals surface area contributed by atoms with Gasteiger partial charge in [-0.3, -0.25) is 24.4 Å². The average Bonchev–Trinajstić information content (AvgIpc) is 4.14. The Morgan fingerprint density at radius 3 is 1.84 bits per heavy atom. The van der Waals surface area contributed by atoms with E-state index < -0.39 is 12.0 Å². The Morgan fingerprint density at radius 1 is 0.790 bits per heavy atom. The number of imidazole rings is 3. The molecule has 62 heavy (non-hydrogen) atoms. The Balaban J connectivity index is 0.000000151. The van der Waals surface area contributed by atoms with Crippen LogP contribution in [0, 0.1) is 0 Å². The predicted octanol–water partition coefficient (Wildman–Crippen LogP) is 7.16. The first-order valence-electron chi connectivity index (χ1n) is 21.7. The molecule has 328 valence electrons. The zero-order chi connectivity index (χ0) is 44.0. The molecule has 16 heteroatoms. The molecule has 9 rings (SSSR count). The van der Waals surface area contributed by atoms with Gasteiger partial charge in [0.2, 0.25) is 0 Å². The van der Waals surface area contributed by atoms with E-state index in [4.69, 9.17) is 20.8 Å². The van der Waals surface area contributed by atoms with E-state index in [0.717, 1.165) is 116 Å². The molecule has 2 spiro atoms. The highest BCUT2D eigenvalue weighted by Gasteiger charge is 2.41. The molecule has 0 bridgehead atoms. The van der Waals surface area contributed by atoms with E-state index in [1.165, 1.54) is 19.2 Å². The largest absolute Gasteiger partial charge is 0.480 e. The third-order valence-electron chi connectivity index (χ3n) is 11.2. The number of rotatable bonds is 10. The first-order valence-corrected chi connectivity index (χ1v) is 22.5. The van der Waals surface area contributed by atoms with Crippen LogP contribution in [0.25, 0.3) is 5.69 Å². The number of benzene rings is 2. The fourth-order valence-electron chi connectivity index (χ4n) is 8.02. The molecule has 2 aromatic carbocycles. The van der Waals surface area contributed by atoms with Crippen molar-refractivity contribution in [1.29, 1.82) is 0 Å². The number of carbonyl (C=O) groups excluding carboxylic acids is 2. The zero-order valence-electron chi connectivity index (χ0n) is 35.6. The van der Waals surface area contributed by atoms with Gasteiger partial charge >= 0.3 is 5.97 Å². The Kier molecular flexibility index (Phi) is 16.1.